The van der Waals surface area contributed by atoms with Crippen molar-refractivity contribution in [1.29, 1.82) is 0 Å². The third-order valence-electron chi connectivity index (χ3n) is 3.93. The summed E-state index contributed by atoms with van der Waals surface area (Å²) in [5.41, 5.74) is 3.28. The molecule has 0 bridgehead atoms. The first kappa shape index (κ1) is 16.0. The van der Waals surface area contributed by atoms with E-state index in [9.17, 15) is 9.59 Å². The summed E-state index contributed by atoms with van der Waals surface area (Å²) in [5, 5.41) is 2.71. The molecular weight excluding hydrogens is 302 g/mol. The highest BCUT2D eigenvalue weighted by Gasteiger charge is 2.17. The first-order chi connectivity index (χ1) is 11.5. The summed E-state index contributed by atoms with van der Waals surface area (Å²) >= 11 is 0. The number of rotatable bonds is 4. The van der Waals surface area contributed by atoms with Crippen LogP contribution in [-0.2, 0) is 4.79 Å². The van der Waals surface area contributed by atoms with Gasteiger partial charge in [-0.2, -0.15) is 0 Å². The minimum absolute atomic E-state index is 0.00652. The van der Waals surface area contributed by atoms with Crippen molar-refractivity contribution < 1.29 is 14.3 Å². The molecule has 122 valence electrons. The van der Waals surface area contributed by atoms with Gasteiger partial charge in [0.25, 0.3) is 5.91 Å². The van der Waals surface area contributed by atoms with Crippen LogP contribution in [0.3, 0.4) is 0 Å². The smallest absolute Gasteiger partial charge is 0.262 e. The lowest BCUT2D eigenvalue weighted by atomic mass is 10.0. The van der Waals surface area contributed by atoms with Gasteiger partial charge in [0.1, 0.15) is 5.75 Å². The number of hydrogen-bond acceptors (Lipinski definition) is 3. The molecule has 24 heavy (non-hydrogen) atoms. The Bertz CT molecular complexity index is 804. The number of benzene rings is 2. The van der Waals surface area contributed by atoms with Crippen LogP contribution >= 0.6 is 0 Å². The molecule has 1 amide bonds. The first-order valence-corrected chi connectivity index (χ1v) is 7.92. The van der Waals surface area contributed by atoms with Crippen LogP contribution in [0.1, 0.15) is 41.3 Å². The number of ether oxygens (including phenoxy) is 1. The average Bonchev–Trinajstić information content (AvgIpc) is 2.59. The fourth-order valence-corrected chi connectivity index (χ4v) is 2.50. The van der Waals surface area contributed by atoms with E-state index in [0.29, 0.717) is 22.9 Å². The van der Waals surface area contributed by atoms with Gasteiger partial charge in [0.15, 0.2) is 12.4 Å². The molecule has 0 aliphatic carbocycles. The molecule has 0 aromatic heterocycles. The Morgan fingerprint density at radius 2 is 1.92 bits per heavy atom. The van der Waals surface area contributed by atoms with Gasteiger partial charge in [0.05, 0.1) is 5.69 Å². The normalized spacial score (nSPS) is 13.5. The van der Waals surface area contributed by atoms with E-state index >= 15 is 0 Å². The Morgan fingerprint density at radius 3 is 2.62 bits per heavy atom. The molecule has 0 radical (unpaired) electrons. The summed E-state index contributed by atoms with van der Waals surface area (Å²) in [7, 11) is 0. The fourth-order valence-electron chi connectivity index (χ4n) is 2.50. The molecule has 1 aliphatic rings. The zero-order valence-corrected chi connectivity index (χ0v) is 13.7. The van der Waals surface area contributed by atoms with Crippen molar-refractivity contribution in [3.63, 3.8) is 0 Å². The number of ketones is 1. The lowest BCUT2D eigenvalue weighted by Gasteiger charge is -2.17. The van der Waals surface area contributed by atoms with E-state index in [1.165, 1.54) is 11.6 Å². The highest BCUT2D eigenvalue weighted by atomic mass is 16.5. The van der Waals surface area contributed by atoms with Crippen LogP contribution in [0.2, 0.25) is 0 Å². The number of carbonyl (C=O) groups excluding carboxylic acids is 2. The van der Waals surface area contributed by atoms with Crippen LogP contribution in [0, 0.1) is 0 Å². The number of fused-ring (bicyclic) bond motifs is 1. The quantitative estimate of drug-likeness (QED) is 0.683. The number of allylic oxidation sites excluding steroid dienone is 1. The maximum atomic E-state index is 12.3. The highest BCUT2D eigenvalue weighted by Crippen LogP contribution is 2.28. The second-order valence-electron chi connectivity index (χ2n) is 6.07. The van der Waals surface area contributed by atoms with Crippen LogP contribution in [0.4, 0.5) is 5.69 Å². The van der Waals surface area contributed by atoms with Gasteiger partial charge in [-0.25, -0.2) is 0 Å². The predicted molar refractivity (Wildman–Crippen MR) is 94.5 cm³/mol. The van der Waals surface area contributed by atoms with E-state index in [2.05, 4.69) is 31.3 Å². The van der Waals surface area contributed by atoms with Crippen molar-refractivity contribution in [2.45, 2.75) is 19.8 Å². The van der Waals surface area contributed by atoms with Crippen LogP contribution < -0.4 is 10.1 Å². The summed E-state index contributed by atoms with van der Waals surface area (Å²) < 4.78 is 5.29. The van der Waals surface area contributed by atoms with Crippen LogP contribution in [-0.4, -0.2) is 18.3 Å². The Hall–Kier alpha value is -2.88. The van der Waals surface area contributed by atoms with E-state index in [-0.39, 0.29) is 18.3 Å². The van der Waals surface area contributed by atoms with Crippen molar-refractivity contribution in [2.75, 3.05) is 11.9 Å². The van der Waals surface area contributed by atoms with E-state index in [1.54, 1.807) is 24.3 Å². The van der Waals surface area contributed by atoms with Crippen molar-refractivity contribution in [3.8, 4) is 5.75 Å². The zero-order valence-electron chi connectivity index (χ0n) is 13.7. The number of anilines is 1. The highest BCUT2D eigenvalue weighted by molar-refractivity contribution is 6.08. The van der Waals surface area contributed by atoms with Crippen LogP contribution in [0.25, 0.3) is 6.08 Å². The van der Waals surface area contributed by atoms with Crippen LogP contribution in [0.5, 0.6) is 5.75 Å². The SMILES string of the molecule is CC(C)c1ccc(C=CC(=O)c2ccc3c(c2)NC(=O)CO3)cc1. The minimum Gasteiger partial charge on any atom is -0.482 e. The Balaban J connectivity index is 1.75. The van der Waals surface area contributed by atoms with Crippen molar-refractivity contribution >= 4 is 23.5 Å². The molecule has 0 saturated heterocycles. The summed E-state index contributed by atoms with van der Waals surface area (Å²) in [6, 6.07) is 13.2. The number of nitrogens with one attached hydrogen (secondary N) is 1. The van der Waals surface area contributed by atoms with Gasteiger partial charge in [-0.1, -0.05) is 44.2 Å². The van der Waals surface area contributed by atoms with E-state index in [0.717, 1.165) is 5.56 Å². The summed E-state index contributed by atoms with van der Waals surface area (Å²) in [4.78, 5) is 23.7. The lowest BCUT2D eigenvalue weighted by Crippen LogP contribution is -2.25. The van der Waals surface area contributed by atoms with Crippen molar-refractivity contribution in [1.82, 2.24) is 0 Å². The maximum Gasteiger partial charge on any atom is 0.262 e. The molecule has 0 atom stereocenters. The minimum atomic E-state index is -0.215. The zero-order chi connectivity index (χ0) is 17.1. The molecule has 4 heteroatoms. The molecule has 1 heterocycles. The Kier molecular flexibility index (Phi) is 4.47. The molecule has 0 saturated carbocycles. The molecule has 3 rings (SSSR count). The summed E-state index contributed by atoms with van der Waals surface area (Å²) in [6.07, 6.45) is 3.33. The molecule has 4 nitrogen and oxygen atoms in total. The topological polar surface area (TPSA) is 55.4 Å². The van der Waals surface area contributed by atoms with Gasteiger partial charge in [0.2, 0.25) is 0 Å². The third kappa shape index (κ3) is 3.54. The predicted octanol–water partition coefficient (Wildman–Crippen LogP) is 4.04. The second kappa shape index (κ2) is 6.71. The molecule has 0 unspecified atom stereocenters. The van der Waals surface area contributed by atoms with E-state index in [1.807, 2.05) is 12.1 Å². The maximum absolute atomic E-state index is 12.3. The van der Waals surface area contributed by atoms with Gasteiger partial charge in [-0.3, -0.25) is 9.59 Å². The summed E-state index contributed by atoms with van der Waals surface area (Å²) in [6.45, 7) is 4.30. The van der Waals surface area contributed by atoms with E-state index < -0.39 is 0 Å². The van der Waals surface area contributed by atoms with Crippen LogP contribution in [0.15, 0.2) is 48.5 Å². The molecular formula is C20H19NO3. The number of amides is 1. The number of hydrogen-bond donors (Lipinski definition) is 1. The average molecular weight is 321 g/mol. The van der Waals surface area contributed by atoms with Gasteiger partial charge in [0, 0.05) is 5.56 Å². The van der Waals surface area contributed by atoms with Gasteiger partial charge >= 0.3 is 0 Å². The lowest BCUT2D eigenvalue weighted by molar-refractivity contribution is -0.118. The Morgan fingerprint density at radius 1 is 1.17 bits per heavy atom. The first-order valence-electron chi connectivity index (χ1n) is 7.92. The van der Waals surface area contributed by atoms with E-state index in [4.69, 9.17) is 4.74 Å². The molecule has 2 aromatic rings. The van der Waals surface area contributed by atoms with Gasteiger partial charge in [-0.05, 0) is 41.3 Å². The molecule has 0 fully saturated rings. The van der Waals surface area contributed by atoms with Gasteiger partial charge < -0.3 is 10.1 Å². The largest absolute Gasteiger partial charge is 0.482 e. The second-order valence-corrected chi connectivity index (χ2v) is 6.07. The molecule has 1 aliphatic heterocycles. The fraction of sp³-hybridized carbons (Fsp3) is 0.200. The summed E-state index contributed by atoms with van der Waals surface area (Å²) in [5.74, 6) is 0.732. The monoisotopic (exact) mass is 321 g/mol. The molecule has 2 aromatic carbocycles. The standard InChI is InChI=1S/C20H19NO3/c1-13(2)15-6-3-14(4-7-15)5-9-18(22)16-8-10-19-17(11-16)21-20(23)12-24-19/h3-11,13H,12H2,1-2H3,(H,21,23). The van der Waals surface area contributed by atoms with Crippen molar-refractivity contribution in [3.05, 3.63) is 65.2 Å². The molecule has 1 N–H and O–H groups in total. The Labute approximate surface area is 141 Å². The third-order valence-corrected chi connectivity index (χ3v) is 3.93. The van der Waals surface area contributed by atoms with Crippen molar-refractivity contribution in [2.24, 2.45) is 0 Å². The number of carbonyl (C=O) groups is 2. The van der Waals surface area contributed by atoms with Gasteiger partial charge in [-0.15, -0.1) is 0 Å². The molecule has 0 spiro atoms.